The Hall–Kier alpha value is -12.0. The van der Waals surface area contributed by atoms with Gasteiger partial charge < -0.3 is 56.5 Å². The molecule has 2 aliphatic rings. The number of carbonyl (C=O) groups is 7. The first-order valence-corrected chi connectivity index (χ1v) is 30.4. The minimum atomic E-state index is -1.75. The number of hydrogen-bond acceptors (Lipinski definition) is 20. The molecule has 0 spiro atoms. The van der Waals surface area contributed by atoms with Gasteiger partial charge in [0.2, 0.25) is 24.8 Å². The third-order valence-electron chi connectivity index (χ3n) is 15.6. The minimum Gasteiger partial charge on any atom is -0.461 e. The SMILES string of the molecule is C[C@@H]1O[C@@H](Oc2ccc(-c3cc(=O)c4ccc(O[C@@H]5O[C@H](COC(=O)c6ccccc6)[C@@H](OC(=O)c6ccccc6)[C@H](OC(=O)c6ccccc6)[C@H]5OC(=O)c5ccccc5)cc4o3)cc2)[C@H](OC(=O)c2ccccc2)[C@H](OC(=O)c2ccccc2)[C@H]1OC(=O)c1ccccc1. The molecule has 0 saturated carbocycles. The maximum absolute atomic E-state index is 14.3. The summed E-state index contributed by atoms with van der Waals surface area (Å²) >= 11 is 0. The fraction of sp³-hybridized carbons (Fsp3) is 0.158. The van der Waals surface area contributed by atoms with Crippen LogP contribution in [0.1, 0.15) is 79.4 Å². The molecule has 0 radical (unpaired) electrons. The highest BCUT2D eigenvalue weighted by Crippen LogP contribution is 2.36. The van der Waals surface area contributed by atoms with Crippen LogP contribution in [0.5, 0.6) is 11.5 Å². The second kappa shape index (κ2) is 29.7. The van der Waals surface area contributed by atoms with Crippen molar-refractivity contribution in [2.45, 2.75) is 68.3 Å². The summed E-state index contributed by atoms with van der Waals surface area (Å²) in [5.41, 5.74) is 0.861. The van der Waals surface area contributed by atoms with Crippen LogP contribution in [0, 0.1) is 0 Å². The molecule has 20 nitrogen and oxygen atoms in total. The molecule has 3 heterocycles. The molecule has 2 fully saturated rings. The lowest BCUT2D eigenvalue weighted by molar-refractivity contribution is -0.275. The van der Waals surface area contributed by atoms with Gasteiger partial charge in [-0.3, -0.25) is 4.79 Å². The first-order valence-electron chi connectivity index (χ1n) is 30.4. The van der Waals surface area contributed by atoms with Gasteiger partial charge in [-0.25, -0.2) is 33.6 Å². The summed E-state index contributed by atoms with van der Waals surface area (Å²) in [6.45, 7) is 0.970. The number of rotatable bonds is 20. The predicted octanol–water partition coefficient (Wildman–Crippen LogP) is 11.9. The maximum Gasteiger partial charge on any atom is 0.338 e. The van der Waals surface area contributed by atoms with Crippen LogP contribution >= 0.6 is 0 Å². The molecule has 2 aliphatic heterocycles. The smallest absolute Gasteiger partial charge is 0.338 e. The normalized spacial score (nSPS) is 20.4. The summed E-state index contributed by atoms with van der Waals surface area (Å²) in [5.74, 6) is -5.71. The summed E-state index contributed by atoms with van der Waals surface area (Å²) in [7, 11) is 0. The molecule has 1 aromatic heterocycles. The highest BCUT2D eigenvalue weighted by molar-refractivity contribution is 5.93. The van der Waals surface area contributed by atoms with Gasteiger partial charge in [0, 0.05) is 17.7 Å². The van der Waals surface area contributed by atoms with Crippen LogP contribution in [-0.2, 0) is 42.6 Å². The molecule has 0 amide bonds. The monoisotopic (exact) mass is 1290 g/mol. The van der Waals surface area contributed by atoms with Gasteiger partial charge in [-0.1, -0.05) is 127 Å². The van der Waals surface area contributed by atoms with Crippen molar-refractivity contribution in [1.29, 1.82) is 0 Å². The number of hydrogen-bond donors (Lipinski definition) is 0. The molecule has 12 rings (SSSR count). The van der Waals surface area contributed by atoms with E-state index in [1.165, 1.54) is 109 Å². The Kier molecular flexibility index (Phi) is 19.9. The van der Waals surface area contributed by atoms with Crippen molar-refractivity contribution in [2.75, 3.05) is 6.61 Å². The van der Waals surface area contributed by atoms with Gasteiger partial charge in [-0.15, -0.1) is 0 Å². The van der Waals surface area contributed by atoms with Crippen LogP contribution in [0.3, 0.4) is 0 Å². The number of carbonyl (C=O) groups excluding carboxylic acids is 7. The Bertz CT molecular complexity index is 4430. The number of esters is 7. The average Bonchev–Trinajstić information content (AvgIpc) is 0.840. The van der Waals surface area contributed by atoms with E-state index in [4.69, 9.17) is 56.5 Å². The third kappa shape index (κ3) is 15.2. The molecule has 482 valence electrons. The maximum atomic E-state index is 14.3. The lowest BCUT2D eigenvalue weighted by Crippen LogP contribution is -2.63. The van der Waals surface area contributed by atoms with E-state index in [-0.39, 0.29) is 67.2 Å². The van der Waals surface area contributed by atoms with Gasteiger partial charge in [0.25, 0.3) is 0 Å². The zero-order valence-corrected chi connectivity index (χ0v) is 51.0. The Balaban J connectivity index is 0.859. The van der Waals surface area contributed by atoms with Crippen LogP contribution in [0.15, 0.2) is 270 Å². The molecular formula is C76H58O20. The predicted molar refractivity (Wildman–Crippen MR) is 343 cm³/mol. The summed E-state index contributed by atoms with van der Waals surface area (Å²) in [6.07, 6.45) is -15.3. The Morgan fingerprint density at radius 3 is 1.09 bits per heavy atom. The molecule has 9 aromatic carbocycles. The molecule has 2 saturated heterocycles. The molecule has 10 atom stereocenters. The standard InChI is InChI=1S/C76H58O20/c1-46-62(91-69(79)49-25-11-3-12-26-49)64(93-71(81)51-29-15-5-16-30-51)66(95-73(83)53-33-19-7-20-34-53)75(86-46)87-55-39-37-47(38-40-55)59-44-58(77)57-42-41-56(43-60(57)89-59)88-76-67(96-74(84)54-35-21-8-22-36-54)65(94-72(82)52-31-17-6-18-32-52)63(92-70(80)50-27-13-4-14-28-50)61(90-76)45-85-68(78)48-23-9-2-10-24-48/h2-44,46,61-67,75-76H,45H2,1H3/t46-,61+,62-,63+,64+,65-,66+,67+,75-,76+/m0/s1. The van der Waals surface area contributed by atoms with E-state index >= 15 is 0 Å². The van der Waals surface area contributed by atoms with Crippen molar-refractivity contribution in [2.24, 2.45) is 0 Å². The van der Waals surface area contributed by atoms with Crippen LogP contribution in [0.4, 0.5) is 0 Å². The van der Waals surface area contributed by atoms with Crippen LogP contribution in [-0.4, -0.2) is 110 Å². The van der Waals surface area contributed by atoms with E-state index in [1.807, 2.05) is 0 Å². The molecule has 0 bridgehead atoms. The second-order valence-corrected chi connectivity index (χ2v) is 22.0. The van der Waals surface area contributed by atoms with E-state index < -0.39 is 115 Å². The molecule has 0 aliphatic carbocycles. The van der Waals surface area contributed by atoms with Crippen molar-refractivity contribution >= 4 is 52.8 Å². The molecule has 0 N–H and O–H groups in total. The lowest BCUT2D eigenvalue weighted by atomic mass is 9.97. The Labute approximate surface area is 548 Å². The zero-order valence-electron chi connectivity index (χ0n) is 51.0. The molecular weight excluding hydrogens is 1230 g/mol. The van der Waals surface area contributed by atoms with Gasteiger partial charge in [0.1, 0.15) is 35.6 Å². The van der Waals surface area contributed by atoms with Crippen molar-refractivity contribution in [1.82, 2.24) is 0 Å². The minimum absolute atomic E-state index is 0.00492. The highest BCUT2D eigenvalue weighted by atomic mass is 16.7. The van der Waals surface area contributed by atoms with Gasteiger partial charge >= 0.3 is 41.8 Å². The largest absolute Gasteiger partial charge is 0.461 e. The summed E-state index contributed by atoms with van der Waals surface area (Å²) in [6, 6.07) is 67.9. The van der Waals surface area contributed by atoms with Crippen molar-refractivity contribution in [3.8, 4) is 22.8 Å². The van der Waals surface area contributed by atoms with Gasteiger partial charge in [-0.05, 0) is 128 Å². The number of ether oxygens (including phenoxy) is 11. The lowest BCUT2D eigenvalue weighted by Gasteiger charge is -2.44. The van der Waals surface area contributed by atoms with Crippen LogP contribution < -0.4 is 14.9 Å². The third-order valence-corrected chi connectivity index (χ3v) is 15.6. The van der Waals surface area contributed by atoms with Crippen molar-refractivity contribution < 1.29 is 90.1 Å². The molecule has 10 aromatic rings. The van der Waals surface area contributed by atoms with Crippen molar-refractivity contribution in [3.63, 3.8) is 0 Å². The highest BCUT2D eigenvalue weighted by Gasteiger charge is 2.55. The number of fused-ring (bicyclic) bond motifs is 1. The van der Waals surface area contributed by atoms with Crippen LogP contribution in [0.25, 0.3) is 22.3 Å². The first kappa shape index (κ1) is 64.1. The van der Waals surface area contributed by atoms with Crippen molar-refractivity contribution in [3.05, 3.63) is 310 Å². The Morgan fingerprint density at radius 2 is 0.677 bits per heavy atom. The fourth-order valence-corrected chi connectivity index (χ4v) is 10.7. The zero-order chi connectivity index (χ0) is 66.5. The summed E-state index contributed by atoms with van der Waals surface area (Å²) in [5, 5.41) is 0.117. The van der Waals surface area contributed by atoms with Crippen LogP contribution in [0.2, 0.25) is 0 Å². The van der Waals surface area contributed by atoms with E-state index in [9.17, 15) is 38.4 Å². The molecule has 0 unspecified atom stereocenters. The van der Waals surface area contributed by atoms with Gasteiger partial charge in [0.15, 0.2) is 29.8 Å². The van der Waals surface area contributed by atoms with E-state index in [0.717, 1.165) is 0 Å². The average molecular weight is 1290 g/mol. The van der Waals surface area contributed by atoms with E-state index in [1.54, 1.807) is 159 Å². The second-order valence-electron chi connectivity index (χ2n) is 22.0. The number of benzene rings is 9. The molecule has 96 heavy (non-hydrogen) atoms. The van der Waals surface area contributed by atoms with Gasteiger partial charge in [-0.2, -0.15) is 0 Å². The van der Waals surface area contributed by atoms with Gasteiger partial charge in [0.05, 0.1) is 50.4 Å². The molecule has 20 heteroatoms. The Morgan fingerprint density at radius 1 is 0.344 bits per heavy atom. The topological polar surface area (TPSA) is 251 Å². The first-order chi connectivity index (χ1) is 46.8. The van der Waals surface area contributed by atoms with E-state index in [2.05, 4.69) is 0 Å². The van der Waals surface area contributed by atoms with E-state index in [0.29, 0.717) is 5.56 Å². The quantitative estimate of drug-likeness (QED) is 0.0508. The fourth-order valence-electron chi connectivity index (χ4n) is 10.7. The summed E-state index contributed by atoms with van der Waals surface area (Å²) in [4.78, 5) is 112. The summed E-state index contributed by atoms with van der Waals surface area (Å²) < 4.78 is 75.2.